The molecule has 2 fully saturated rings. The van der Waals surface area contributed by atoms with E-state index in [9.17, 15) is 13.2 Å². The second kappa shape index (κ2) is 6.92. The van der Waals surface area contributed by atoms with Crippen LogP contribution in [0.1, 0.15) is 39.5 Å². The number of hydrogen-bond acceptors (Lipinski definition) is 4. The minimum absolute atomic E-state index is 0.0859. The van der Waals surface area contributed by atoms with Crippen LogP contribution in [0, 0.1) is 22.7 Å². The summed E-state index contributed by atoms with van der Waals surface area (Å²) in [5, 5.41) is 10.6. The topological polar surface area (TPSA) is 90.3 Å². The van der Waals surface area contributed by atoms with Gasteiger partial charge in [0, 0.05) is 18.8 Å². The SMILES string of the molecule is CC(C#N)S(=O)(=O)c1ccc(NC(=O)N2CCC(C)(C3CC3)CC2)cc1. The Morgan fingerprint density at radius 3 is 2.35 bits per heavy atom. The molecule has 0 radical (unpaired) electrons. The van der Waals surface area contributed by atoms with E-state index in [1.54, 1.807) is 18.2 Å². The van der Waals surface area contributed by atoms with Crippen molar-refractivity contribution in [1.29, 1.82) is 5.26 Å². The number of likely N-dealkylation sites (tertiary alicyclic amines) is 1. The zero-order valence-corrected chi connectivity index (χ0v) is 16.1. The molecule has 1 unspecified atom stereocenters. The van der Waals surface area contributed by atoms with Crippen molar-refractivity contribution in [1.82, 2.24) is 4.90 Å². The Morgan fingerprint density at radius 2 is 1.85 bits per heavy atom. The van der Waals surface area contributed by atoms with E-state index in [0.717, 1.165) is 31.8 Å². The first-order valence-electron chi connectivity index (χ1n) is 9.06. The van der Waals surface area contributed by atoms with Crippen LogP contribution >= 0.6 is 0 Å². The van der Waals surface area contributed by atoms with Crippen LogP contribution in [-0.2, 0) is 9.84 Å². The van der Waals surface area contributed by atoms with Gasteiger partial charge in [-0.25, -0.2) is 13.2 Å². The smallest absolute Gasteiger partial charge is 0.321 e. The maximum Gasteiger partial charge on any atom is 0.321 e. The third-order valence-electron chi connectivity index (χ3n) is 5.84. The van der Waals surface area contributed by atoms with Gasteiger partial charge in [0.1, 0.15) is 5.25 Å². The van der Waals surface area contributed by atoms with Gasteiger partial charge in [0.15, 0.2) is 9.84 Å². The Morgan fingerprint density at radius 1 is 1.27 bits per heavy atom. The number of nitrogens with one attached hydrogen (secondary N) is 1. The molecule has 1 heterocycles. The zero-order valence-electron chi connectivity index (χ0n) is 15.2. The van der Waals surface area contributed by atoms with Crippen molar-refractivity contribution in [2.45, 2.75) is 49.7 Å². The van der Waals surface area contributed by atoms with Crippen LogP contribution in [0.15, 0.2) is 29.2 Å². The van der Waals surface area contributed by atoms with E-state index < -0.39 is 15.1 Å². The van der Waals surface area contributed by atoms with Crippen molar-refractivity contribution in [2.75, 3.05) is 18.4 Å². The molecule has 0 bridgehead atoms. The molecule has 1 aromatic carbocycles. The van der Waals surface area contributed by atoms with Gasteiger partial charge in [0.25, 0.3) is 0 Å². The van der Waals surface area contributed by atoms with Crippen LogP contribution in [0.5, 0.6) is 0 Å². The average molecular weight is 375 g/mol. The fourth-order valence-corrected chi connectivity index (χ4v) is 4.68. The molecule has 1 aromatic rings. The number of hydrogen-bond donors (Lipinski definition) is 1. The standard InChI is InChI=1S/C19H25N3O3S/c1-14(13-20)26(24,25)17-7-5-16(6-8-17)21-18(23)22-11-9-19(2,10-12-22)15-3-4-15/h5-8,14-15H,3-4,9-12H2,1-2H3,(H,21,23). The number of piperidine rings is 1. The third kappa shape index (κ3) is 3.70. The molecule has 0 aromatic heterocycles. The molecule has 0 spiro atoms. The van der Waals surface area contributed by atoms with Gasteiger partial charge in [0.05, 0.1) is 11.0 Å². The van der Waals surface area contributed by atoms with E-state index in [2.05, 4.69) is 12.2 Å². The molecule has 1 saturated carbocycles. The lowest BCUT2D eigenvalue weighted by atomic mass is 9.76. The fourth-order valence-electron chi connectivity index (χ4n) is 3.61. The molecular weight excluding hydrogens is 350 g/mol. The zero-order chi connectivity index (χ0) is 18.9. The molecule has 26 heavy (non-hydrogen) atoms. The second-order valence-electron chi connectivity index (χ2n) is 7.69. The Bertz CT molecular complexity index is 815. The number of anilines is 1. The quantitative estimate of drug-likeness (QED) is 0.873. The van der Waals surface area contributed by atoms with E-state index >= 15 is 0 Å². The first kappa shape index (κ1) is 18.7. The van der Waals surface area contributed by atoms with Crippen LogP contribution in [-0.4, -0.2) is 37.7 Å². The highest BCUT2D eigenvalue weighted by atomic mass is 32.2. The van der Waals surface area contributed by atoms with Crippen molar-refractivity contribution < 1.29 is 13.2 Å². The highest BCUT2D eigenvalue weighted by molar-refractivity contribution is 7.92. The maximum atomic E-state index is 12.5. The van der Waals surface area contributed by atoms with Gasteiger partial charge in [-0.1, -0.05) is 6.92 Å². The summed E-state index contributed by atoms with van der Waals surface area (Å²) in [6, 6.07) is 7.58. The van der Waals surface area contributed by atoms with E-state index in [4.69, 9.17) is 5.26 Å². The summed E-state index contributed by atoms with van der Waals surface area (Å²) in [6.07, 6.45) is 4.72. The molecule has 1 N–H and O–H groups in total. The predicted octanol–water partition coefficient (Wildman–Crippen LogP) is 3.42. The molecule has 2 aliphatic rings. The van der Waals surface area contributed by atoms with Crippen LogP contribution in [0.3, 0.4) is 0 Å². The lowest BCUT2D eigenvalue weighted by molar-refractivity contribution is 0.118. The van der Waals surface area contributed by atoms with Crippen molar-refractivity contribution in [3.63, 3.8) is 0 Å². The van der Waals surface area contributed by atoms with Gasteiger partial charge < -0.3 is 10.2 Å². The third-order valence-corrected chi connectivity index (χ3v) is 7.80. The maximum absolute atomic E-state index is 12.5. The highest BCUT2D eigenvalue weighted by Crippen LogP contribution is 2.51. The molecule has 1 aliphatic carbocycles. The normalized spacial score (nSPS) is 20.9. The summed E-state index contributed by atoms with van der Waals surface area (Å²) < 4.78 is 24.3. The van der Waals surface area contributed by atoms with Crippen LogP contribution in [0.2, 0.25) is 0 Å². The number of urea groups is 1. The van der Waals surface area contributed by atoms with Crippen LogP contribution < -0.4 is 5.32 Å². The van der Waals surface area contributed by atoms with E-state index in [1.807, 2.05) is 4.90 Å². The second-order valence-corrected chi connectivity index (χ2v) is 9.95. The minimum Gasteiger partial charge on any atom is -0.324 e. The summed E-state index contributed by atoms with van der Waals surface area (Å²) in [5.74, 6) is 0.831. The molecule has 7 heteroatoms. The first-order valence-corrected chi connectivity index (χ1v) is 10.6. The van der Waals surface area contributed by atoms with Crippen LogP contribution in [0.4, 0.5) is 10.5 Å². The predicted molar refractivity (Wildman–Crippen MR) is 99.4 cm³/mol. The summed E-state index contributed by atoms with van der Waals surface area (Å²) in [6.45, 7) is 5.20. The summed E-state index contributed by atoms with van der Waals surface area (Å²) in [4.78, 5) is 14.4. The Kier molecular flexibility index (Phi) is 4.98. The van der Waals surface area contributed by atoms with Crippen molar-refractivity contribution in [2.24, 2.45) is 11.3 Å². The first-order chi connectivity index (χ1) is 12.3. The van der Waals surface area contributed by atoms with Gasteiger partial charge in [-0.05, 0) is 68.2 Å². The van der Waals surface area contributed by atoms with E-state index in [0.29, 0.717) is 11.1 Å². The monoisotopic (exact) mass is 375 g/mol. The lowest BCUT2D eigenvalue weighted by Crippen LogP contribution is -2.44. The number of amides is 2. The Hall–Kier alpha value is -2.07. The summed E-state index contributed by atoms with van der Waals surface area (Å²) >= 11 is 0. The molecule has 2 amide bonds. The molecule has 140 valence electrons. The van der Waals surface area contributed by atoms with Gasteiger partial charge in [-0.2, -0.15) is 5.26 Å². The van der Waals surface area contributed by atoms with E-state index in [-0.39, 0.29) is 10.9 Å². The molecule has 1 aliphatic heterocycles. The average Bonchev–Trinajstić information content (AvgIpc) is 3.47. The summed E-state index contributed by atoms with van der Waals surface area (Å²) in [5.41, 5.74) is 0.929. The van der Waals surface area contributed by atoms with Crippen LogP contribution in [0.25, 0.3) is 0 Å². The number of nitriles is 1. The largest absolute Gasteiger partial charge is 0.324 e. The molecule has 6 nitrogen and oxygen atoms in total. The number of nitrogens with zero attached hydrogens (tertiary/aromatic N) is 2. The van der Waals surface area contributed by atoms with Crippen molar-refractivity contribution >= 4 is 21.6 Å². The Balaban J connectivity index is 1.59. The lowest BCUT2D eigenvalue weighted by Gasteiger charge is -2.39. The highest BCUT2D eigenvalue weighted by Gasteiger charge is 2.43. The van der Waals surface area contributed by atoms with E-state index in [1.165, 1.54) is 31.9 Å². The molecule has 3 rings (SSSR count). The van der Waals surface area contributed by atoms with Gasteiger partial charge >= 0.3 is 6.03 Å². The number of rotatable bonds is 4. The minimum atomic E-state index is -3.65. The number of sulfone groups is 1. The molecular formula is C19H25N3O3S. The van der Waals surface area contributed by atoms with Gasteiger partial charge in [-0.15, -0.1) is 0 Å². The van der Waals surface area contributed by atoms with Gasteiger partial charge in [0.2, 0.25) is 0 Å². The van der Waals surface area contributed by atoms with Crippen molar-refractivity contribution in [3.8, 4) is 6.07 Å². The summed E-state index contributed by atoms with van der Waals surface area (Å²) in [7, 11) is -3.65. The number of carbonyl (C=O) groups is 1. The number of carbonyl (C=O) groups excluding carboxylic acids is 1. The Labute approximate surface area is 155 Å². The molecule has 1 atom stereocenters. The fraction of sp³-hybridized carbons (Fsp3) is 0.579. The van der Waals surface area contributed by atoms with Gasteiger partial charge in [-0.3, -0.25) is 0 Å². The number of benzene rings is 1. The van der Waals surface area contributed by atoms with Crippen molar-refractivity contribution in [3.05, 3.63) is 24.3 Å². The molecule has 1 saturated heterocycles.